The van der Waals surface area contributed by atoms with E-state index in [1.165, 1.54) is 0 Å². The summed E-state index contributed by atoms with van der Waals surface area (Å²) >= 11 is 1.61. The molecule has 2 aromatic rings. The van der Waals surface area contributed by atoms with Crippen LogP contribution in [0.5, 0.6) is 0 Å². The van der Waals surface area contributed by atoms with Gasteiger partial charge >= 0.3 is 0 Å². The normalized spacial score (nSPS) is 10.3. The third kappa shape index (κ3) is 2.96. The molecule has 0 spiro atoms. The van der Waals surface area contributed by atoms with Crippen LogP contribution in [0.4, 0.5) is 5.82 Å². The maximum Gasteiger partial charge on any atom is 0.130 e. The molecule has 0 unspecified atom stereocenters. The van der Waals surface area contributed by atoms with Crippen molar-refractivity contribution < 1.29 is 0 Å². The number of hydrogen-bond acceptors (Lipinski definition) is 5. The molecule has 0 saturated heterocycles. The van der Waals surface area contributed by atoms with Crippen LogP contribution in [-0.2, 0) is 6.54 Å². The smallest absolute Gasteiger partial charge is 0.130 e. The van der Waals surface area contributed by atoms with Gasteiger partial charge in [0.05, 0.1) is 6.54 Å². The second-order valence-electron chi connectivity index (χ2n) is 3.14. The van der Waals surface area contributed by atoms with Crippen molar-refractivity contribution in [3.05, 3.63) is 30.9 Å². The number of hydrogen-bond donors (Lipinski definition) is 1. The highest BCUT2D eigenvalue weighted by Gasteiger charge is 1.97. The van der Waals surface area contributed by atoms with E-state index in [-0.39, 0.29) is 0 Å². The summed E-state index contributed by atoms with van der Waals surface area (Å²) in [7, 11) is 0. The van der Waals surface area contributed by atoms with Gasteiger partial charge in [0.2, 0.25) is 0 Å². The van der Waals surface area contributed by atoms with Crippen molar-refractivity contribution in [2.45, 2.75) is 11.6 Å². The van der Waals surface area contributed by atoms with Gasteiger partial charge in [0, 0.05) is 25.0 Å². The summed E-state index contributed by atoms with van der Waals surface area (Å²) in [5.74, 6) is 0.853. The van der Waals surface area contributed by atoms with Crippen LogP contribution in [-0.4, -0.2) is 32.5 Å². The van der Waals surface area contributed by atoms with Gasteiger partial charge in [0.25, 0.3) is 0 Å². The average molecular weight is 235 g/mol. The van der Waals surface area contributed by atoms with Crippen LogP contribution in [0.3, 0.4) is 0 Å². The fourth-order valence-corrected chi connectivity index (χ4v) is 1.66. The lowest BCUT2D eigenvalue weighted by atomic mass is 10.5. The number of rotatable bonds is 5. The molecule has 5 nitrogen and oxygen atoms in total. The van der Waals surface area contributed by atoms with Crippen molar-refractivity contribution in [2.24, 2.45) is 0 Å². The maximum absolute atomic E-state index is 4.14. The standard InChI is InChI=1S/C10H13N5S/c1-16-10-7-9(12-8-13-10)11-4-6-15-5-2-3-14-15/h2-3,5,7-8H,4,6H2,1H3,(H,11,12,13). The van der Waals surface area contributed by atoms with Gasteiger partial charge in [-0.3, -0.25) is 4.68 Å². The Labute approximate surface area is 98.3 Å². The minimum absolute atomic E-state index is 0.798. The van der Waals surface area contributed by atoms with Crippen LogP contribution in [0.1, 0.15) is 0 Å². The maximum atomic E-state index is 4.14. The molecule has 0 amide bonds. The van der Waals surface area contributed by atoms with Crippen LogP contribution >= 0.6 is 11.8 Å². The third-order valence-electron chi connectivity index (χ3n) is 2.06. The van der Waals surface area contributed by atoms with Gasteiger partial charge in [-0.25, -0.2) is 9.97 Å². The Morgan fingerprint density at radius 1 is 1.44 bits per heavy atom. The van der Waals surface area contributed by atoms with Gasteiger partial charge in [-0.05, 0) is 12.3 Å². The highest BCUT2D eigenvalue weighted by atomic mass is 32.2. The first-order valence-corrected chi connectivity index (χ1v) is 6.18. The Hall–Kier alpha value is -1.56. The van der Waals surface area contributed by atoms with Gasteiger partial charge in [-0.1, -0.05) is 0 Å². The molecule has 0 fully saturated rings. The quantitative estimate of drug-likeness (QED) is 0.629. The Bertz CT molecular complexity index is 429. The highest BCUT2D eigenvalue weighted by molar-refractivity contribution is 7.98. The van der Waals surface area contributed by atoms with E-state index < -0.39 is 0 Å². The first-order valence-electron chi connectivity index (χ1n) is 4.96. The molecule has 0 bridgehead atoms. The molecule has 0 radical (unpaired) electrons. The largest absolute Gasteiger partial charge is 0.368 e. The summed E-state index contributed by atoms with van der Waals surface area (Å²) < 4.78 is 1.88. The number of thioether (sulfide) groups is 1. The van der Waals surface area contributed by atoms with Gasteiger partial charge in [0.15, 0.2) is 0 Å². The fourth-order valence-electron chi connectivity index (χ4n) is 1.28. The molecule has 0 atom stereocenters. The van der Waals surface area contributed by atoms with Crippen molar-refractivity contribution in [2.75, 3.05) is 18.1 Å². The Balaban J connectivity index is 1.85. The zero-order valence-electron chi connectivity index (χ0n) is 9.00. The van der Waals surface area contributed by atoms with Crippen molar-refractivity contribution in [1.29, 1.82) is 0 Å². The van der Waals surface area contributed by atoms with Gasteiger partial charge in [-0.2, -0.15) is 5.10 Å². The predicted octanol–water partition coefficient (Wildman–Crippen LogP) is 1.51. The molecule has 0 aliphatic carbocycles. The van der Waals surface area contributed by atoms with E-state index in [2.05, 4.69) is 20.4 Å². The second kappa shape index (κ2) is 5.50. The SMILES string of the molecule is CSc1cc(NCCn2cccn2)ncn1. The summed E-state index contributed by atoms with van der Waals surface area (Å²) in [4.78, 5) is 8.25. The van der Waals surface area contributed by atoms with Crippen molar-refractivity contribution >= 4 is 17.6 Å². The van der Waals surface area contributed by atoms with Crippen molar-refractivity contribution in [3.63, 3.8) is 0 Å². The lowest BCUT2D eigenvalue weighted by Crippen LogP contribution is -2.11. The van der Waals surface area contributed by atoms with E-state index in [1.807, 2.05) is 29.3 Å². The van der Waals surface area contributed by atoms with E-state index in [0.717, 1.165) is 23.9 Å². The van der Waals surface area contributed by atoms with Crippen LogP contribution in [0.25, 0.3) is 0 Å². The first kappa shape index (κ1) is 10.9. The zero-order chi connectivity index (χ0) is 11.2. The van der Waals surface area contributed by atoms with Gasteiger partial charge in [0.1, 0.15) is 17.2 Å². The number of anilines is 1. The Morgan fingerprint density at radius 2 is 2.38 bits per heavy atom. The topological polar surface area (TPSA) is 55.6 Å². The molecular weight excluding hydrogens is 222 g/mol. The summed E-state index contributed by atoms with van der Waals surface area (Å²) in [6.45, 7) is 1.62. The van der Waals surface area contributed by atoms with Gasteiger partial charge < -0.3 is 5.32 Å². The molecule has 16 heavy (non-hydrogen) atoms. The second-order valence-corrected chi connectivity index (χ2v) is 3.97. The highest BCUT2D eigenvalue weighted by Crippen LogP contribution is 2.13. The zero-order valence-corrected chi connectivity index (χ0v) is 9.81. The first-order chi connectivity index (χ1) is 7.88. The monoisotopic (exact) mass is 235 g/mol. The summed E-state index contributed by atoms with van der Waals surface area (Å²) in [5.41, 5.74) is 0. The Kier molecular flexibility index (Phi) is 3.76. The fraction of sp³-hybridized carbons (Fsp3) is 0.300. The molecule has 6 heteroatoms. The third-order valence-corrected chi connectivity index (χ3v) is 2.70. The molecule has 0 aromatic carbocycles. The van der Waals surface area contributed by atoms with E-state index in [4.69, 9.17) is 0 Å². The molecule has 0 aliphatic rings. The molecule has 2 aromatic heterocycles. The van der Waals surface area contributed by atoms with Crippen LogP contribution in [0.15, 0.2) is 35.9 Å². The van der Waals surface area contributed by atoms with Crippen molar-refractivity contribution in [1.82, 2.24) is 19.7 Å². The molecule has 0 saturated carbocycles. The predicted molar refractivity (Wildman–Crippen MR) is 64.5 cm³/mol. The molecule has 84 valence electrons. The summed E-state index contributed by atoms with van der Waals surface area (Å²) in [6.07, 6.45) is 7.28. The van der Waals surface area contributed by atoms with Crippen LogP contribution in [0.2, 0.25) is 0 Å². The molecule has 2 rings (SSSR count). The van der Waals surface area contributed by atoms with E-state index >= 15 is 0 Å². The molecule has 0 aliphatic heterocycles. The lowest BCUT2D eigenvalue weighted by molar-refractivity contribution is 0.637. The van der Waals surface area contributed by atoms with E-state index in [9.17, 15) is 0 Å². The molecular formula is C10H13N5S. The number of aromatic nitrogens is 4. The minimum atomic E-state index is 0.798. The summed E-state index contributed by atoms with van der Waals surface area (Å²) in [5, 5.41) is 8.32. The van der Waals surface area contributed by atoms with Crippen molar-refractivity contribution in [3.8, 4) is 0 Å². The molecule has 2 heterocycles. The molecule has 1 N–H and O–H groups in total. The van der Waals surface area contributed by atoms with Crippen LogP contribution < -0.4 is 5.32 Å². The Morgan fingerprint density at radius 3 is 3.12 bits per heavy atom. The number of nitrogens with one attached hydrogen (secondary N) is 1. The van der Waals surface area contributed by atoms with E-state index in [0.29, 0.717) is 0 Å². The van der Waals surface area contributed by atoms with Gasteiger partial charge in [-0.15, -0.1) is 11.8 Å². The van der Waals surface area contributed by atoms with E-state index in [1.54, 1.807) is 24.3 Å². The van der Waals surface area contributed by atoms with Crippen LogP contribution in [0, 0.1) is 0 Å². The summed E-state index contributed by atoms with van der Waals surface area (Å²) in [6, 6.07) is 3.85. The number of nitrogens with zero attached hydrogens (tertiary/aromatic N) is 4. The minimum Gasteiger partial charge on any atom is -0.368 e. The lowest BCUT2D eigenvalue weighted by Gasteiger charge is -2.05. The average Bonchev–Trinajstić information content (AvgIpc) is 2.82.